The summed E-state index contributed by atoms with van der Waals surface area (Å²) in [5, 5.41) is 0. The van der Waals surface area contributed by atoms with Crippen molar-refractivity contribution < 1.29 is 19.0 Å². The van der Waals surface area contributed by atoms with Gasteiger partial charge in [0.25, 0.3) is 0 Å². The maximum atomic E-state index is 11.3. The van der Waals surface area contributed by atoms with Gasteiger partial charge in [0.05, 0.1) is 21.3 Å². The van der Waals surface area contributed by atoms with E-state index in [2.05, 4.69) is 0 Å². The largest absolute Gasteiger partial charge is 0.497 e. The van der Waals surface area contributed by atoms with Crippen LogP contribution in [0.15, 0.2) is 36.1 Å². The summed E-state index contributed by atoms with van der Waals surface area (Å²) >= 11 is 0. The van der Waals surface area contributed by atoms with Crippen LogP contribution < -0.4 is 9.47 Å². The molecule has 0 saturated heterocycles. The maximum absolute atomic E-state index is 11.3. The number of hydrogen-bond acceptors (Lipinski definition) is 4. The van der Waals surface area contributed by atoms with Crippen molar-refractivity contribution >= 4 is 6.29 Å². The monoisotopic (exact) mass is 274 g/mol. The lowest BCUT2D eigenvalue weighted by atomic mass is 9.88. The number of methoxy groups -OCH3 is 3. The van der Waals surface area contributed by atoms with Gasteiger partial charge in [0.2, 0.25) is 0 Å². The number of rotatable bonds is 5. The van der Waals surface area contributed by atoms with Crippen LogP contribution in [0.25, 0.3) is 0 Å². The molecule has 0 saturated carbocycles. The first-order valence-corrected chi connectivity index (χ1v) is 6.37. The van der Waals surface area contributed by atoms with Crippen molar-refractivity contribution in [2.24, 2.45) is 0 Å². The number of ether oxygens (including phenoxy) is 3. The fraction of sp³-hybridized carbons (Fsp3) is 0.312. The summed E-state index contributed by atoms with van der Waals surface area (Å²) in [4.78, 5) is 11.3. The lowest BCUT2D eigenvalue weighted by Crippen LogP contribution is -2.05. The molecule has 1 aromatic rings. The van der Waals surface area contributed by atoms with Gasteiger partial charge < -0.3 is 14.2 Å². The highest BCUT2D eigenvalue weighted by Crippen LogP contribution is 2.36. The molecular weight excluding hydrogens is 256 g/mol. The molecular formula is C16H18O4. The zero-order chi connectivity index (χ0) is 14.5. The topological polar surface area (TPSA) is 44.8 Å². The SMILES string of the molecule is COC1=CC[C@@H](c2cc(OC)c(OC)cc2C=O)C=C1. The van der Waals surface area contributed by atoms with Crippen molar-refractivity contribution in [3.8, 4) is 11.5 Å². The van der Waals surface area contributed by atoms with E-state index >= 15 is 0 Å². The van der Waals surface area contributed by atoms with Gasteiger partial charge in [-0.25, -0.2) is 0 Å². The third kappa shape index (κ3) is 2.69. The number of aldehydes is 1. The Morgan fingerprint density at radius 3 is 2.30 bits per heavy atom. The summed E-state index contributed by atoms with van der Waals surface area (Å²) in [7, 11) is 4.78. The quantitative estimate of drug-likeness (QED) is 0.774. The molecule has 0 amide bonds. The molecule has 106 valence electrons. The second-order valence-electron chi connectivity index (χ2n) is 4.47. The summed E-state index contributed by atoms with van der Waals surface area (Å²) in [6, 6.07) is 3.58. The molecule has 0 unspecified atom stereocenters. The Hall–Kier alpha value is -2.23. The minimum Gasteiger partial charge on any atom is -0.497 e. The smallest absolute Gasteiger partial charge is 0.161 e. The predicted molar refractivity (Wildman–Crippen MR) is 76.5 cm³/mol. The van der Waals surface area contributed by atoms with E-state index < -0.39 is 0 Å². The maximum Gasteiger partial charge on any atom is 0.161 e. The van der Waals surface area contributed by atoms with Gasteiger partial charge >= 0.3 is 0 Å². The number of hydrogen-bond donors (Lipinski definition) is 0. The minimum absolute atomic E-state index is 0.133. The van der Waals surface area contributed by atoms with Gasteiger partial charge in [0.15, 0.2) is 11.5 Å². The van der Waals surface area contributed by atoms with Gasteiger partial charge in [0.1, 0.15) is 12.0 Å². The van der Waals surface area contributed by atoms with Gasteiger partial charge in [-0.1, -0.05) is 6.08 Å². The summed E-state index contributed by atoms with van der Waals surface area (Å²) in [6.07, 6.45) is 7.60. The van der Waals surface area contributed by atoms with E-state index in [1.165, 1.54) is 0 Å². The summed E-state index contributed by atoms with van der Waals surface area (Å²) < 4.78 is 15.7. The zero-order valence-corrected chi connectivity index (χ0v) is 11.9. The van der Waals surface area contributed by atoms with Crippen molar-refractivity contribution in [2.45, 2.75) is 12.3 Å². The number of carbonyl (C=O) groups is 1. The van der Waals surface area contributed by atoms with Crippen molar-refractivity contribution in [1.82, 2.24) is 0 Å². The lowest BCUT2D eigenvalue weighted by Gasteiger charge is -2.19. The van der Waals surface area contributed by atoms with Gasteiger partial charge in [-0.2, -0.15) is 0 Å². The highest BCUT2D eigenvalue weighted by Gasteiger charge is 2.18. The van der Waals surface area contributed by atoms with E-state index in [9.17, 15) is 4.79 Å². The summed E-state index contributed by atoms with van der Waals surface area (Å²) in [5.41, 5.74) is 1.55. The fourth-order valence-corrected chi connectivity index (χ4v) is 2.32. The van der Waals surface area contributed by atoms with Crippen molar-refractivity contribution in [1.29, 1.82) is 0 Å². The molecule has 0 N–H and O–H groups in total. The molecule has 0 fully saturated rings. The predicted octanol–water partition coefficient (Wildman–Crippen LogP) is 3.09. The first kappa shape index (κ1) is 14.2. The molecule has 1 atom stereocenters. The third-order valence-electron chi connectivity index (χ3n) is 3.42. The Kier molecular flexibility index (Phi) is 4.45. The van der Waals surface area contributed by atoms with Crippen LogP contribution in [-0.4, -0.2) is 27.6 Å². The van der Waals surface area contributed by atoms with Gasteiger partial charge in [0, 0.05) is 11.5 Å². The molecule has 0 heterocycles. The second kappa shape index (κ2) is 6.28. The van der Waals surface area contributed by atoms with Crippen LogP contribution in [0.5, 0.6) is 11.5 Å². The Bertz CT molecular complexity index is 558. The number of benzene rings is 1. The van der Waals surface area contributed by atoms with Gasteiger partial charge in [-0.3, -0.25) is 4.79 Å². The zero-order valence-electron chi connectivity index (χ0n) is 11.9. The average molecular weight is 274 g/mol. The Labute approximate surface area is 118 Å². The second-order valence-corrected chi connectivity index (χ2v) is 4.47. The van der Waals surface area contributed by atoms with Crippen LogP contribution in [0.3, 0.4) is 0 Å². The van der Waals surface area contributed by atoms with E-state index in [0.717, 1.165) is 24.0 Å². The number of allylic oxidation sites excluding steroid dienone is 3. The molecule has 1 aliphatic rings. The van der Waals surface area contributed by atoms with E-state index in [1.807, 2.05) is 24.3 Å². The van der Waals surface area contributed by atoms with Crippen molar-refractivity contribution in [3.05, 3.63) is 47.2 Å². The summed E-state index contributed by atoms with van der Waals surface area (Å²) in [6.45, 7) is 0. The van der Waals surface area contributed by atoms with Gasteiger partial charge in [-0.15, -0.1) is 0 Å². The Balaban J connectivity index is 2.39. The molecule has 0 spiro atoms. The normalized spacial score (nSPS) is 17.4. The average Bonchev–Trinajstić information content (AvgIpc) is 2.53. The molecule has 0 aromatic heterocycles. The lowest BCUT2D eigenvalue weighted by molar-refractivity contribution is 0.112. The summed E-state index contributed by atoms with van der Waals surface area (Å²) in [5.74, 6) is 2.16. The third-order valence-corrected chi connectivity index (χ3v) is 3.42. The molecule has 0 bridgehead atoms. The molecule has 4 nitrogen and oxygen atoms in total. The molecule has 1 aromatic carbocycles. The molecule has 4 heteroatoms. The molecule has 0 aliphatic heterocycles. The van der Waals surface area contributed by atoms with Crippen LogP contribution in [0.4, 0.5) is 0 Å². The molecule has 0 radical (unpaired) electrons. The Morgan fingerprint density at radius 1 is 1.10 bits per heavy atom. The fourth-order valence-electron chi connectivity index (χ4n) is 2.32. The van der Waals surface area contributed by atoms with E-state index in [1.54, 1.807) is 27.4 Å². The van der Waals surface area contributed by atoms with Crippen molar-refractivity contribution in [2.75, 3.05) is 21.3 Å². The van der Waals surface area contributed by atoms with Crippen LogP contribution in [-0.2, 0) is 4.74 Å². The first-order chi connectivity index (χ1) is 9.73. The highest BCUT2D eigenvalue weighted by molar-refractivity contribution is 5.80. The Morgan fingerprint density at radius 2 is 1.80 bits per heavy atom. The van der Waals surface area contributed by atoms with Crippen LogP contribution in [0.2, 0.25) is 0 Å². The van der Waals surface area contributed by atoms with Gasteiger partial charge in [-0.05, 0) is 36.3 Å². The first-order valence-electron chi connectivity index (χ1n) is 6.37. The van der Waals surface area contributed by atoms with Crippen LogP contribution in [0.1, 0.15) is 28.3 Å². The van der Waals surface area contributed by atoms with Crippen molar-refractivity contribution in [3.63, 3.8) is 0 Å². The standard InChI is InChI=1S/C16H18O4/c1-18-13-6-4-11(5-7-13)14-9-16(20-3)15(19-2)8-12(14)10-17/h4,6-11H,5H2,1-3H3/t11-/m0/s1. The minimum atomic E-state index is 0.133. The van der Waals surface area contributed by atoms with Crippen LogP contribution in [0, 0.1) is 0 Å². The van der Waals surface area contributed by atoms with E-state index in [4.69, 9.17) is 14.2 Å². The van der Waals surface area contributed by atoms with E-state index in [0.29, 0.717) is 17.1 Å². The molecule has 20 heavy (non-hydrogen) atoms. The highest BCUT2D eigenvalue weighted by atomic mass is 16.5. The molecule has 1 aliphatic carbocycles. The number of carbonyl (C=O) groups excluding carboxylic acids is 1. The molecule has 2 rings (SSSR count). The van der Waals surface area contributed by atoms with E-state index in [-0.39, 0.29) is 5.92 Å². The van der Waals surface area contributed by atoms with Crippen LogP contribution >= 0.6 is 0 Å².